The number of carbonyl (C=O) groups is 1. The Labute approximate surface area is 114 Å². The van der Waals surface area contributed by atoms with Crippen LogP contribution in [0.15, 0.2) is 24.3 Å². The molecule has 2 N–H and O–H groups in total. The smallest absolute Gasteiger partial charge is 0.336 e. The van der Waals surface area contributed by atoms with Crippen LogP contribution < -0.4 is 4.74 Å². The fourth-order valence-corrected chi connectivity index (χ4v) is 2.29. The van der Waals surface area contributed by atoms with Gasteiger partial charge in [0.15, 0.2) is 5.60 Å². The Morgan fingerprint density at radius 1 is 1.32 bits per heavy atom. The molecule has 1 aromatic carbocycles. The van der Waals surface area contributed by atoms with Crippen LogP contribution in [0.5, 0.6) is 5.75 Å². The summed E-state index contributed by atoms with van der Waals surface area (Å²) < 4.78 is 5.51. The number of aliphatic hydroxyl groups is 1. The first-order valence-electron chi connectivity index (χ1n) is 6.53. The lowest BCUT2D eigenvalue weighted by molar-refractivity contribution is -0.166. The van der Waals surface area contributed by atoms with E-state index in [2.05, 4.69) is 0 Å². The summed E-state index contributed by atoms with van der Waals surface area (Å²) >= 11 is 0. The molecule has 0 heterocycles. The molecule has 19 heavy (non-hydrogen) atoms. The first-order valence-corrected chi connectivity index (χ1v) is 6.53. The van der Waals surface area contributed by atoms with Gasteiger partial charge in [-0.1, -0.05) is 39.0 Å². The molecule has 0 aromatic heterocycles. The van der Waals surface area contributed by atoms with E-state index < -0.39 is 23.4 Å². The van der Waals surface area contributed by atoms with Gasteiger partial charge in [0.25, 0.3) is 0 Å². The van der Waals surface area contributed by atoms with Crippen molar-refractivity contribution in [3.05, 3.63) is 29.8 Å². The van der Waals surface area contributed by atoms with Gasteiger partial charge in [-0.3, -0.25) is 0 Å². The summed E-state index contributed by atoms with van der Waals surface area (Å²) in [6, 6.07) is 7.23. The van der Waals surface area contributed by atoms with Crippen LogP contribution in [-0.4, -0.2) is 28.4 Å². The van der Waals surface area contributed by atoms with Gasteiger partial charge < -0.3 is 14.9 Å². The zero-order chi connectivity index (χ0) is 14.6. The molecule has 1 aromatic rings. The predicted molar refractivity (Wildman–Crippen MR) is 73.4 cm³/mol. The molecular formula is C15H22O4. The molecule has 0 radical (unpaired) electrons. The van der Waals surface area contributed by atoms with Gasteiger partial charge >= 0.3 is 5.97 Å². The van der Waals surface area contributed by atoms with Crippen molar-refractivity contribution in [2.75, 3.05) is 6.61 Å². The third kappa shape index (κ3) is 2.89. The van der Waals surface area contributed by atoms with Crippen molar-refractivity contribution in [3.63, 3.8) is 0 Å². The number of carboxylic acids is 1. The Kier molecular flexibility index (Phi) is 4.95. The number of para-hydroxylation sites is 1. The molecule has 0 aliphatic carbocycles. The second-order valence-electron chi connectivity index (χ2n) is 4.98. The second-order valence-corrected chi connectivity index (χ2v) is 4.98. The van der Waals surface area contributed by atoms with Gasteiger partial charge in [0.05, 0.1) is 6.61 Å². The summed E-state index contributed by atoms with van der Waals surface area (Å²) in [5, 5.41) is 19.9. The predicted octanol–water partition coefficient (Wildman–Crippen LogP) is 2.66. The van der Waals surface area contributed by atoms with Crippen LogP contribution in [0.3, 0.4) is 0 Å². The van der Waals surface area contributed by atoms with E-state index in [1.54, 1.807) is 32.9 Å². The molecule has 106 valence electrons. The van der Waals surface area contributed by atoms with E-state index in [9.17, 15) is 15.0 Å². The van der Waals surface area contributed by atoms with Crippen molar-refractivity contribution in [1.29, 1.82) is 0 Å². The molecule has 0 amide bonds. The van der Waals surface area contributed by atoms with E-state index in [1.165, 1.54) is 0 Å². The lowest BCUT2D eigenvalue weighted by atomic mass is 9.76. The Hall–Kier alpha value is -1.55. The molecule has 0 spiro atoms. The quantitative estimate of drug-likeness (QED) is 0.830. The van der Waals surface area contributed by atoms with Gasteiger partial charge in [-0.25, -0.2) is 4.79 Å². The highest BCUT2D eigenvalue weighted by Crippen LogP contribution is 2.38. The molecule has 0 aliphatic heterocycles. The number of ether oxygens (including phenoxy) is 1. The van der Waals surface area contributed by atoms with Crippen LogP contribution in [-0.2, 0) is 4.79 Å². The van der Waals surface area contributed by atoms with Crippen molar-refractivity contribution in [3.8, 4) is 5.75 Å². The lowest BCUT2D eigenvalue weighted by Gasteiger charge is -2.34. The molecule has 0 bridgehead atoms. The second kappa shape index (κ2) is 6.06. The third-order valence-corrected chi connectivity index (χ3v) is 3.57. The fraction of sp³-hybridized carbons (Fsp3) is 0.533. The average Bonchev–Trinajstić information content (AvgIpc) is 2.37. The van der Waals surface area contributed by atoms with Gasteiger partial charge in [0.1, 0.15) is 5.75 Å². The van der Waals surface area contributed by atoms with Gasteiger partial charge in [-0.2, -0.15) is 0 Å². The molecular weight excluding hydrogens is 244 g/mol. The van der Waals surface area contributed by atoms with Crippen LogP contribution in [0.25, 0.3) is 0 Å². The number of hydrogen-bond donors (Lipinski definition) is 2. The van der Waals surface area contributed by atoms with E-state index in [-0.39, 0.29) is 0 Å². The maximum atomic E-state index is 11.5. The first kappa shape index (κ1) is 15.5. The van der Waals surface area contributed by atoms with Crippen molar-refractivity contribution in [2.45, 2.75) is 39.2 Å². The highest BCUT2D eigenvalue weighted by atomic mass is 16.5. The Morgan fingerprint density at radius 3 is 2.37 bits per heavy atom. The standard InChI is InChI=1S/C15H22O4/c1-5-19-13-9-7-6-8-12(13)11(4)15(18,10(2)3)14(16)17/h6-11,18H,5H2,1-4H3,(H,16,17). The SMILES string of the molecule is CCOc1ccccc1C(C)C(O)(C(=O)O)C(C)C. The minimum Gasteiger partial charge on any atom is -0.494 e. The third-order valence-electron chi connectivity index (χ3n) is 3.57. The van der Waals surface area contributed by atoms with E-state index in [4.69, 9.17) is 4.74 Å². The molecule has 4 heteroatoms. The van der Waals surface area contributed by atoms with Crippen LogP contribution in [0, 0.1) is 5.92 Å². The molecule has 0 fully saturated rings. The number of hydrogen-bond acceptors (Lipinski definition) is 3. The van der Waals surface area contributed by atoms with Crippen molar-refractivity contribution >= 4 is 5.97 Å². The average molecular weight is 266 g/mol. The summed E-state index contributed by atoms with van der Waals surface area (Å²) in [4.78, 5) is 11.5. The zero-order valence-corrected chi connectivity index (χ0v) is 11.9. The molecule has 0 aliphatic rings. The fourth-order valence-electron chi connectivity index (χ4n) is 2.29. The zero-order valence-electron chi connectivity index (χ0n) is 11.9. The van der Waals surface area contributed by atoms with Gasteiger partial charge in [-0.15, -0.1) is 0 Å². The van der Waals surface area contributed by atoms with Crippen molar-refractivity contribution in [2.24, 2.45) is 5.92 Å². The Balaban J connectivity index is 3.24. The van der Waals surface area contributed by atoms with E-state index in [1.807, 2.05) is 19.1 Å². The highest BCUT2D eigenvalue weighted by molar-refractivity contribution is 5.79. The van der Waals surface area contributed by atoms with Gasteiger partial charge in [0, 0.05) is 11.5 Å². The molecule has 4 nitrogen and oxygen atoms in total. The summed E-state index contributed by atoms with van der Waals surface area (Å²) in [6.45, 7) is 7.48. The number of carboxylic acid groups (broad SMARTS) is 1. The van der Waals surface area contributed by atoms with E-state index in [0.29, 0.717) is 17.9 Å². The van der Waals surface area contributed by atoms with Crippen molar-refractivity contribution in [1.82, 2.24) is 0 Å². The number of benzene rings is 1. The molecule has 0 saturated heterocycles. The number of rotatable bonds is 6. The lowest BCUT2D eigenvalue weighted by Crippen LogP contribution is -2.48. The molecule has 0 saturated carbocycles. The van der Waals surface area contributed by atoms with Crippen LogP contribution >= 0.6 is 0 Å². The highest BCUT2D eigenvalue weighted by Gasteiger charge is 2.46. The van der Waals surface area contributed by atoms with Gasteiger partial charge in [0.2, 0.25) is 0 Å². The Morgan fingerprint density at radius 2 is 1.89 bits per heavy atom. The summed E-state index contributed by atoms with van der Waals surface area (Å²) in [5.74, 6) is -1.55. The molecule has 1 rings (SSSR count). The minimum absolute atomic E-state index is 0.408. The topological polar surface area (TPSA) is 66.8 Å². The van der Waals surface area contributed by atoms with E-state index >= 15 is 0 Å². The van der Waals surface area contributed by atoms with E-state index in [0.717, 1.165) is 0 Å². The Bertz CT molecular complexity index is 442. The summed E-state index contributed by atoms with van der Waals surface area (Å²) in [7, 11) is 0. The minimum atomic E-state index is -1.81. The number of aliphatic carboxylic acids is 1. The van der Waals surface area contributed by atoms with Crippen molar-refractivity contribution < 1.29 is 19.7 Å². The van der Waals surface area contributed by atoms with Crippen LogP contribution in [0.4, 0.5) is 0 Å². The summed E-state index contributed by atoms with van der Waals surface area (Å²) in [6.07, 6.45) is 0. The monoisotopic (exact) mass is 266 g/mol. The normalized spacial score (nSPS) is 15.9. The summed E-state index contributed by atoms with van der Waals surface area (Å²) in [5.41, 5.74) is -1.10. The maximum absolute atomic E-state index is 11.5. The maximum Gasteiger partial charge on any atom is 0.336 e. The van der Waals surface area contributed by atoms with Gasteiger partial charge in [-0.05, 0) is 18.9 Å². The molecule has 2 unspecified atom stereocenters. The molecule has 2 atom stereocenters. The first-order chi connectivity index (χ1) is 8.85. The van der Waals surface area contributed by atoms with Crippen LogP contribution in [0.1, 0.15) is 39.2 Å². The van der Waals surface area contributed by atoms with Crippen LogP contribution in [0.2, 0.25) is 0 Å². The largest absolute Gasteiger partial charge is 0.494 e.